The Balaban J connectivity index is 3.32. The third-order valence-electron chi connectivity index (χ3n) is 1.75. The molecule has 0 aromatic carbocycles. The van der Waals surface area contributed by atoms with Crippen molar-refractivity contribution in [1.82, 2.24) is 9.71 Å². The molecule has 0 fully saturated rings. The maximum atomic E-state index is 13.9. The summed E-state index contributed by atoms with van der Waals surface area (Å²) in [5, 5.41) is 0. The van der Waals surface area contributed by atoms with E-state index in [-0.39, 0.29) is 0 Å². The van der Waals surface area contributed by atoms with Crippen molar-refractivity contribution in [2.45, 2.75) is 39.3 Å². The maximum absolute atomic E-state index is 13.9. The first-order valence-electron chi connectivity index (χ1n) is 5.84. The van der Waals surface area contributed by atoms with E-state index < -0.39 is 39.6 Å². The molecule has 0 aliphatic rings. The van der Waals surface area contributed by atoms with E-state index in [1.54, 1.807) is 19.6 Å². The molecule has 0 unspecified atom stereocenters. The number of halogens is 1. The lowest BCUT2D eigenvalue weighted by Gasteiger charge is -2.21. The maximum Gasteiger partial charge on any atom is 0.363 e. The topological polar surface area (TPSA) is 73.3 Å². The van der Waals surface area contributed by atoms with Gasteiger partial charge in [-0.25, -0.2) is 4.79 Å². The SMILES string of the molecule is C[Si](C)(C)Oc1[nH]c(=O)n(O[Si](C)(C)C)c(=O)c1F. The number of H-pyrrole nitrogens is 1. The lowest BCUT2D eigenvalue weighted by Crippen LogP contribution is -2.50. The second-order valence-corrected chi connectivity index (χ2v) is 14.9. The number of hydrogen-bond acceptors (Lipinski definition) is 4. The molecule has 0 aliphatic heterocycles. The van der Waals surface area contributed by atoms with Crippen LogP contribution in [0.4, 0.5) is 4.39 Å². The van der Waals surface area contributed by atoms with E-state index >= 15 is 0 Å². The van der Waals surface area contributed by atoms with E-state index in [1.807, 2.05) is 19.6 Å². The number of rotatable bonds is 4. The first-order chi connectivity index (χ1) is 8.41. The van der Waals surface area contributed by atoms with Gasteiger partial charge >= 0.3 is 11.2 Å². The Hall–Kier alpha value is -1.36. The minimum atomic E-state index is -2.20. The molecule has 6 nitrogen and oxygen atoms in total. The normalized spacial score (nSPS) is 12.4. The summed E-state index contributed by atoms with van der Waals surface area (Å²) in [6, 6.07) is 0. The predicted molar refractivity (Wildman–Crippen MR) is 75.2 cm³/mol. The van der Waals surface area contributed by atoms with E-state index in [0.717, 1.165) is 0 Å². The van der Waals surface area contributed by atoms with Crippen molar-refractivity contribution in [3.8, 4) is 5.88 Å². The van der Waals surface area contributed by atoms with Crippen LogP contribution in [0.15, 0.2) is 9.59 Å². The minimum absolute atomic E-state index is 0.412. The van der Waals surface area contributed by atoms with Gasteiger partial charge in [-0.05, 0) is 39.3 Å². The van der Waals surface area contributed by atoms with Gasteiger partial charge in [-0.3, -0.25) is 9.78 Å². The summed E-state index contributed by atoms with van der Waals surface area (Å²) in [5.41, 5.74) is -1.96. The third kappa shape index (κ3) is 4.35. The predicted octanol–water partition coefficient (Wildman–Crippen LogP) is 1.15. The van der Waals surface area contributed by atoms with Crippen molar-refractivity contribution < 1.29 is 13.3 Å². The quantitative estimate of drug-likeness (QED) is 0.847. The van der Waals surface area contributed by atoms with Gasteiger partial charge < -0.3 is 8.95 Å². The molecule has 9 heteroatoms. The molecule has 0 saturated heterocycles. The molecule has 1 aromatic rings. The van der Waals surface area contributed by atoms with Crippen LogP contribution < -0.4 is 20.2 Å². The first-order valence-corrected chi connectivity index (χ1v) is 12.7. The van der Waals surface area contributed by atoms with Crippen molar-refractivity contribution in [3.63, 3.8) is 0 Å². The Kier molecular flexibility index (Phi) is 4.10. The molecular formula is C10H19FN2O4Si2. The molecule has 108 valence electrons. The van der Waals surface area contributed by atoms with Gasteiger partial charge in [-0.15, -0.1) is 4.73 Å². The first kappa shape index (κ1) is 15.7. The van der Waals surface area contributed by atoms with Crippen LogP contribution in [0.25, 0.3) is 0 Å². The van der Waals surface area contributed by atoms with Crippen LogP contribution in [0.3, 0.4) is 0 Å². The highest BCUT2D eigenvalue weighted by molar-refractivity contribution is 6.70. The molecule has 0 bridgehead atoms. The van der Waals surface area contributed by atoms with Gasteiger partial charge in [0.1, 0.15) is 0 Å². The van der Waals surface area contributed by atoms with Crippen molar-refractivity contribution >= 4 is 16.6 Å². The third-order valence-corrected chi connectivity index (χ3v) is 3.30. The summed E-state index contributed by atoms with van der Waals surface area (Å²) in [6.45, 7) is 10.8. The summed E-state index contributed by atoms with van der Waals surface area (Å²) in [6.07, 6.45) is 0. The number of aromatic amines is 1. The van der Waals surface area contributed by atoms with Gasteiger partial charge in [0.2, 0.25) is 20.0 Å². The zero-order valence-electron chi connectivity index (χ0n) is 12.0. The lowest BCUT2D eigenvalue weighted by atomic mass is 10.6. The van der Waals surface area contributed by atoms with E-state index in [4.69, 9.17) is 8.95 Å². The van der Waals surface area contributed by atoms with E-state index in [9.17, 15) is 14.0 Å². The molecule has 0 spiro atoms. The molecule has 0 aliphatic carbocycles. The van der Waals surface area contributed by atoms with Crippen LogP contribution in [0.1, 0.15) is 0 Å². The average Bonchev–Trinajstić information content (AvgIpc) is 2.17. The van der Waals surface area contributed by atoms with Crippen LogP contribution in [0, 0.1) is 5.82 Å². The number of nitrogens with one attached hydrogen (secondary N) is 1. The zero-order chi connectivity index (χ0) is 15.0. The highest BCUT2D eigenvalue weighted by Crippen LogP contribution is 2.12. The van der Waals surface area contributed by atoms with Crippen LogP contribution in [0.2, 0.25) is 39.3 Å². The Bertz CT molecular complexity index is 583. The van der Waals surface area contributed by atoms with E-state index in [2.05, 4.69) is 4.98 Å². The van der Waals surface area contributed by atoms with Gasteiger partial charge in [0.25, 0.3) is 8.32 Å². The molecule has 0 atom stereocenters. The summed E-state index contributed by atoms with van der Waals surface area (Å²) in [4.78, 5) is 25.7. The van der Waals surface area contributed by atoms with Crippen molar-refractivity contribution in [2.24, 2.45) is 0 Å². The molecule has 0 amide bonds. The average molecular weight is 306 g/mol. The zero-order valence-corrected chi connectivity index (χ0v) is 14.0. The second-order valence-electron chi connectivity index (χ2n) is 6.09. The summed E-state index contributed by atoms with van der Waals surface area (Å²) in [7, 11) is -4.33. The second kappa shape index (κ2) is 4.96. The molecule has 1 heterocycles. The number of nitrogens with zero attached hydrogens (tertiary/aromatic N) is 1. The van der Waals surface area contributed by atoms with Gasteiger partial charge in [-0.1, -0.05) is 0 Å². The van der Waals surface area contributed by atoms with Crippen LogP contribution >= 0.6 is 0 Å². The highest BCUT2D eigenvalue weighted by atomic mass is 28.4. The summed E-state index contributed by atoms with van der Waals surface area (Å²) in [5.74, 6) is -1.55. The van der Waals surface area contributed by atoms with E-state index in [1.165, 1.54) is 0 Å². The van der Waals surface area contributed by atoms with Gasteiger partial charge in [0, 0.05) is 0 Å². The Morgan fingerprint density at radius 1 is 1.05 bits per heavy atom. The standard InChI is InChI=1S/C10H19FN2O4Si2/c1-18(2,3)16-8-7(11)9(14)13(10(15)12-8)17-19(4,5)6/h1-6H3,(H,12,15). The molecule has 1 aromatic heterocycles. The monoisotopic (exact) mass is 306 g/mol. The molecule has 0 radical (unpaired) electrons. The Morgan fingerprint density at radius 2 is 1.58 bits per heavy atom. The van der Waals surface area contributed by atoms with Crippen LogP contribution in [-0.2, 0) is 0 Å². The highest BCUT2D eigenvalue weighted by Gasteiger charge is 2.25. The van der Waals surface area contributed by atoms with Crippen molar-refractivity contribution in [1.29, 1.82) is 0 Å². The van der Waals surface area contributed by atoms with Crippen LogP contribution in [0.5, 0.6) is 5.88 Å². The van der Waals surface area contributed by atoms with Gasteiger partial charge in [-0.2, -0.15) is 4.39 Å². The molecule has 1 rings (SSSR count). The van der Waals surface area contributed by atoms with Gasteiger partial charge in [0.15, 0.2) is 0 Å². The smallest absolute Gasteiger partial charge is 0.363 e. The van der Waals surface area contributed by atoms with Crippen molar-refractivity contribution in [3.05, 3.63) is 26.7 Å². The number of hydrogen-bond donors (Lipinski definition) is 1. The molecule has 0 saturated carbocycles. The van der Waals surface area contributed by atoms with Gasteiger partial charge in [0.05, 0.1) is 0 Å². The fourth-order valence-corrected chi connectivity index (χ4v) is 2.68. The van der Waals surface area contributed by atoms with Crippen molar-refractivity contribution in [2.75, 3.05) is 0 Å². The Labute approximate surface area is 112 Å². The summed E-state index contributed by atoms with van der Waals surface area (Å²) < 4.78 is 24.9. The lowest BCUT2D eigenvalue weighted by molar-refractivity contribution is 0.227. The number of aromatic nitrogens is 2. The molecule has 1 N–H and O–H groups in total. The molecule has 19 heavy (non-hydrogen) atoms. The largest absolute Gasteiger partial charge is 0.530 e. The van der Waals surface area contributed by atoms with Crippen LogP contribution in [-0.4, -0.2) is 26.3 Å². The fourth-order valence-electron chi connectivity index (χ4n) is 1.21. The minimum Gasteiger partial charge on any atom is -0.530 e. The molecular weight excluding hydrogens is 287 g/mol. The fraction of sp³-hybridized carbons (Fsp3) is 0.600. The van der Waals surface area contributed by atoms with E-state index in [0.29, 0.717) is 4.73 Å². The summed E-state index contributed by atoms with van der Waals surface area (Å²) >= 11 is 0. The Morgan fingerprint density at radius 3 is 2.00 bits per heavy atom.